The highest BCUT2D eigenvalue weighted by atomic mass is 16.6. The Bertz CT molecular complexity index is 498. The van der Waals surface area contributed by atoms with Crippen molar-refractivity contribution in [3.05, 3.63) is 28.3 Å². The first-order valence-corrected chi connectivity index (χ1v) is 7.27. The van der Waals surface area contributed by atoms with Crippen molar-refractivity contribution >= 4 is 11.4 Å². The van der Waals surface area contributed by atoms with E-state index in [2.05, 4.69) is 5.32 Å². The summed E-state index contributed by atoms with van der Waals surface area (Å²) in [5, 5.41) is 23.9. The third kappa shape index (κ3) is 3.85. The number of methoxy groups -OCH3 is 1. The summed E-state index contributed by atoms with van der Waals surface area (Å²) in [7, 11) is 1.49. The number of nitrogens with one attached hydrogen (secondary N) is 1. The molecule has 1 saturated carbocycles. The Balaban J connectivity index is 2.11. The van der Waals surface area contributed by atoms with Gasteiger partial charge in [-0.15, -0.1) is 0 Å². The predicted octanol–water partition coefficient (Wildman–Crippen LogP) is 2.96. The minimum atomic E-state index is -0.434. The van der Waals surface area contributed by atoms with Crippen LogP contribution in [0.3, 0.4) is 0 Å². The number of nitrogens with zero attached hydrogens (tertiary/aromatic N) is 1. The lowest BCUT2D eigenvalue weighted by molar-refractivity contribution is -0.384. The zero-order valence-electron chi connectivity index (χ0n) is 12.3. The van der Waals surface area contributed by atoms with Crippen molar-refractivity contribution in [2.75, 3.05) is 25.6 Å². The van der Waals surface area contributed by atoms with Crippen LogP contribution in [0.2, 0.25) is 0 Å². The molecule has 0 saturated heterocycles. The maximum absolute atomic E-state index is 10.9. The largest absolute Gasteiger partial charge is 0.496 e. The summed E-state index contributed by atoms with van der Waals surface area (Å²) in [6.45, 7) is 0.764. The third-order valence-corrected chi connectivity index (χ3v) is 4.25. The first-order valence-electron chi connectivity index (χ1n) is 7.27. The Morgan fingerprint density at radius 1 is 1.33 bits per heavy atom. The van der Waals surface area contributed by atoms with Crippen LogP contribution in [-0.4, -0.2) is 30.3 Å². The summed E-state index contributed by atoms with van der Waals surface area (Å²) in [6, 6.07) is 4.63. The maximum atomic E-state index is 10.9. The number of rotatable bonds is 6. The molecule has 0 spiro atoms. The molecule has 1 aromatic carbocycles. The molecule has 0 unspecified atom stereocenters. The van der Waals surface area contributed by atoms with Crippen LogP contribution in [0, 0.1) is 15.5 Å². The summed E-state index contributed by atoms with van der Waals surface area (Å²) in [4.78, 5) is 10.5. The number of nitro groups is 1. The molecule has 6 nitrogen and oxygen atoms in total. The van der Waals surface area contributed by atoms with Crippen molar-refractivity contribution in [3.63, 3.8) is 0 Å². The summed E-state index contributed by atoms with van der Waals surface area (Å²) in [5.74, 6) is 0.452. The van der Waals surface area contributed by atoms with Gasteiger partial charge in [-0.05, 0) is 12.8 Å². The molecule has 0 atom stereocenters. The van der Waals surface area contributed by atoms with E-state index in [4.69, 9.17) is 4.74 Å². The minimum absolute atomic E-state index is 0.00135. The summed E-state index contributed by atoms with van der Waals surface area (Å²) in [6.07, 6.45) is 5.44. The van der Waals surface area contributed by atoms with Gasteiger partial charge in [0.1, 0.15) is 5.75 Å². The molecule has 21 heavy (non-hydrogen) atoms. The van der Waals surface area contributed by atoms with Crippen LogP contribution in [0.1, 0.15) is 32.1 Å². The van der Waals surface area contributed by atoms with Crippen LogP contribution in [0.5, 0.6) is 5.75 Å². The number of aliphatic hydroxyl groups excluding tert-OH is 1. The van der Waals surface area contributed by atoms with E-state index >= 15 is 0 Å². The normalized spacial score (nSPS) is 17.2. The topological polar surface area (TPSA) is 84.6 Å². The van der Waals surface area contributed by atoms with Crippen molar-refractivity contribution < 1.29 is 14.8 Å². The number of non-ortho nitro benzene ring substituents is 1. The SMILES string of the molecule is COc1cc(NCC2(CO)CCCCC2)cc([N+](=O)[O-])c1. The molecule has 0 aromatic heterocycles. The number of nitro benzene ring substituents is 1. The summed E-state index contributed by atoms with van der Waals surface area (Å²) >= 11 is 0. The van der Waals surface area contributed by atoms with Crippen molar-refractivity contribution in [1.82, 2.24) is 0 Å². The molecule has 1 aromatic rings. The lowest BCUT2D eigenvalue weighted by atomic mass is 9.74. The average Bonchev–Trinajstić information content (AvgIpc) is 2.53. The Morgan fingerprint density at radius 3 is 2.62 bits per heavy atom. The van der Waals surface area contributed by atoms with Crippen molar-refractivity contribution in [1.29, 1.82) is 0 Å². The highest BCUT2D eigenvalue weighted by Crippen LogP contribution is 2.36. The predicted molar refractivity (Wildman–Crippen MR) is 80.7 cm³/mol. The van der Waals surface area contributed by atoms with Gasteiger partial charge in [-0.1, -0.05) is 19.3 Å². The van der Waals surface area contributed by atoms with Gasteiger partial charge < -0.3 is 15.2 Å². The van der Waals surface area contributed by atoms with Gasteiger partial charge in [0.15, 0.2) is 0 Å². The van der Waals surface area contributed by atoms with Crippen molar-refractivity contribution in [3.8, 4) is 5.75 Å². The fourth-order valence-electron chi connectivity index (χ4n) is 2.89. The number of hydrogen-bond acceptors (Lipinski definition) is 5. The quantitative estimate of drug-likeness (QED) is 0.622. The second kappa shape index (κ2) is 6.76. The smallest absolute Gasteiger partial charge is 0.275 e. The Hall–Kier alpha value is -1.82. The van der Waals surface area contributed by atoms with Crippen molar-refractivity contribution in [2.24, 2.45) is 5.41 Å². The van der Waals surface area contributed by atoms with Gasteiger partial charge in [0.05, 0.1) is 24.7 Å². The minimum Gasteiger partial charge on any atom is -0.496 e. The summed E-state index contributed by atoms with van der Waals surface area (Å²) in [5.41, 5.74) is 0.536. The number of hydrogen-bond donors (Lipinski definition) is 2. The number of ether oxygens (including phenoxy) is 1. The van der Waals surface area contributed by atoms with Gasteiger partial charge in [-0.25, -0.2) is 0 Å². The fraction of sp³-hybridized carbons (Fsp3) is 0.600. The number of benzene rings is 1. The molecule has 0 amide bonds. The molecule has 1 aliphatic carbocycles. The first-order chi connectivity index (χ1) is 10.1. The van der Waals surface area contributed by atoms with Gasteiger partial charge in [0, 0.05) is 29.8 Å². The zero-order chi connectivity index (χ0) is 15.3. The maximum Gasteiger partial charge on any atom is 0.275 e. The van der Waals surface area contributed by atoms with Crippen LogP contribution >= 0.6 is 0 Å². The van der Waals surface area contributed by atoms with E-state index in [1.165, 1.54) is 25.7 Å². The molecule has 0 heterocycles. The average molecular weight is 294 g/mol. The molecule has 2 rings (SSSR count). The lowest BCUT2D eigenvalue weighted by Crippen LogP contribution is -2.35. The monoisotopic (exact) mass is 294 g/mol. The van der Waals surface area contributed by atoms with E-state index in [1.54, 1.807) is 6.07 Å². The Morgan fingerprint density at radius 2 is 2.05 bits per heavy atom. The molecule has 6 heteroatoms. The lowest BCUT2D eigenvalue weighted by Gasteiger charge is -2.36. The van der Waals surface area contributed by atoms with Gasteiger partial charge in [0.25, 0.3) is 5.69 Å². The van der Waals surface area contributed by atoms with Crippen LogP contribution in [-0.2, 0) is 0 Å². The first kappa shape index (κ1) is 15.6. The second-order valence-electron chi connectivity index (χ2n) is 5.75. The van der Waals surface area contributed by atoms with E-state index in [-0.39, 0.29) is 17.7 Å². The van der Waals surface area contributed by atoms with Crippen LogP contribution in [0.4, 0.5) is 11.4 Å². The van der Waals surface area contributed by atoms with Crippen LogP contribution in [0.25, 0.3) is 0 Å². The standard InChI is InChI=1S/C15H22N2O4/c1-21-14-8-12(7-13(9-14)17(19)20)16-10-15(11-18)5-3-2-4-6-15/h7-9,16,18H,2-6,10-11H2,1H3. The highest BCUT2D eigenvalue weighted by Gasteiger charge is 2.31. The van der Waals surface area contributed by atoms with Crippen molar-refractivity contribution in [2.45, 2.75) is 32.1 Å². The van der Waals surface area contributed by atoms with E-state index in [0.717, 1.165) is 25.7 Å². The molecule has 0 radical (unpaired) electrons. The van der Waals surface area contributed by atoms with Gasteiger partial charge >= 0.3 is 0 Å². The molecule has 0 bridgehead atoms. The Labute approximate surface area is 124 Å². The molecule has 116 valence electrons. The second-order valence-corrected chi connectivity index (χ2v) is 5.75. The third-order valence-electron chi connectivity index (χ3n) is 4.25. The van der Waals surface area contributed by atoms with Crippen LogP contribution in [0.15, 0.2) is 18.2 Å². The van der Waals surface area contributed by atoms with E-state index < -0.39 is 4.92 Å². The number of aliphatic hydroxyl groups is 1. The summed E-state index contributed by atoms with van der Waals surface area (Å²) < 4.78 is 5.10. The molecule has 1 fully saturated rings. The van der Waals surface area contributed by atoms with Gasteiger partial charge in [-0.2, -0.15) is 0 Å². The highest BCUT2D eigenvalue weighted by molar-refractivity contribution is 5.56. The van der Waals surface area contributed by atoms with E-state index in [9.17, 15) is 15.2 Å². The number of anilines is 1. The van der Waals surface area contributed by atoms with Crippen LogP contribution < -0.4 is 10.1 Å². The van der Waals surface area contributed by atoms with Gasteiger partial charge in [-0.3, -0.25) is 10.1 Å². The fourth-order valence-corrected chi connectivity index (χ4v) is 2.89. The van der Waals surface area contributed by atoms with Gasteiger partial charge in [0.2, 0.25) is 0 Å². The van der Waals surface area contributed by atoms with E-state index in [0.29, 0.717) is 18.0 Å². The molecule has 1 aliphatic rings. The molecule has 0 aliphatic heterocycles. The molecule has 2 N–H and O–H groups in total. The molecular weight excluding hydrogens is 272 g/mol. The van der Waals surface area contributed by atoms with E-state index in [1.807, 2.05) is 0 Å². The molecular formula is C15H22N2O4. The Kier molecular flexibility index (Phi) is 5.01. The zero-order valence-corrected chi connectivity index (χ0v) is 12.3.